The minimum absolute atomic E-state index is 0.0544. The number of hydrogen-bond donors (Lipinski definition) is 1. The summed E-state index contributed by atoms with van der Waals surface area (Å²) in [4.78, 5) is 27.6. The Hall–Kier alpha value is -2.35. The normalized spacial score (nSPS) is 9.41. The van der Waals surface area contributed by atoms with E-state index in [0.717, 1.165) is 4.90 Å². The number of terminal acetylenes is 1. The third-order valence-electron chi connectivity index (χ3n) is 2.11. The quantitative estimate of drug-likeness (QED) is 0.769. The van der Waals surface area contributed by atoms with Gasteiger partial charge in [0.25, 0.3) is 5.91 Å². The van der Waals surface area contributed by atoms with Crippen LogP contribution in [0.5, 0.6) is 0 Å². The molecule has 0 aliphatic carbocycles. The fourth-order valence-corrected chi connectivity index (χ4v) is 1.33. The molecule has 17 heavy (non-hydrogen) atoms. The van der Waals surface area contributed by atoms with Crippen LogP contribution in [-0.2, 0) is 4.79 Å². The Kier molecular flexibility index (Phi) is 4.23. The summed E-state index contributed by atoms with van der Waals surface area (Å²) in [6.07, 6.45) is 6.58. The van der Waals surface area contributed by atoms with E-state index in [1.165, 1.54) is 6.20 Å². The Morgan fingerprint density at radius 2 is 2.29 bits per heavy atom. The van der Waals surface area contributed by atoms with Crippen LogP contribution >= 0.6 is 0 Å². The number of nitrogens with zero attached hydrogens (tertiary/aromatic N) is 2. The van der Waals surface area contributed by atoms with Crippen molar-refractivity contribution in [1.82, 2.24) is 9.88 Å². The lowest BCUT2D eigenvalue weighted by Gasteiger charge is -2.18. The van der Waals surface area contributed by atoms with Crippen molar-refractivity contribution in [3.8, 4) is 12.3 Å². The lowest BCUT2D eigenvalue weighted by molar-refractivity contribution is -0.137. The molecule has 0 unspecified atom stereocenters. The summed E-state index contributed by atoms with van der Waals surface area (Å²) in [5.74, 6) is 0.679. The van der Waals surface area contributed by atoms with E-state index >= 15 is 0 Å². The van der Waals surface area contributed by atoms with Crippen LogP contribution in [0, 0.1) is 19.3 Å². The Bertz CT molecular complexity index is 477. The van der Waals surface area contributed by atoms with E-state index in [9.17, 15) is 9.59 Å². The van der Waals surface area contributed by atoms with Crippen LogP contribution in [0.2, 0.25) is 0 Å². The number of aryl methyl sites for hydroxylation is 1. The average Bonchev–Trinajstić information content (AvgIpc) is 2.28. The van der Waals surface area contributed by atoms with E-state index in [1.807, 2.05) is 0 Å². The lowest BCUT2D eigenvalue weighted by Crippen LogP contribution is -2.36. The first kappa shape index (κ1) is 12.7. The molecule has 0 radical (unpaired) electrons. The summed E-state index contributed by atoms with van der Waals surface area (Å²) < 4.78 is 0. The second-order valence-corrected chi connectivity index (χ2v) is 3.43. The summed E-state index contributed by atoms with van der Waals surface area (Å²) in [7, 11) is 0. The monoisotopic (exact) mass is 232 g/mol. The maximum Gasteiger partial charge on any atom is 0.323 e. The Balaban J connectivity index is 2.96. The van der Waals surface area contributed by atoms with E-state index in [-0.39, 0.29) is 12.2 Å². The molecule has 1 rings (SSSR count). The Morgan fingerprint density at radius 1 is 1.59 bits per heavy atom. The van der Waals surface area contributed by atoms with Crippen LogP contribution in [0.1, 0.15) is 16.1 Å². The largest absolute Gasteiger partial charge is 0.480 e. The van der Waals surface area contributed by atoms with Crippen molar-refractivity contribution in [1.29, 1.82) is 0 Å². The summed E-state index contributed by atoms with van der Waals surface area (Å²) >= 11 is 0. The predicted octanol–water partition coefficient (Wildman–Crippen LogP) is 0.550. The Morgan fingerprint density at radius 3 is 2.82 bits per heavy atom. The first-order valence-electron chi connectivity index (χ1n) is 4.92. The van der Waals surface area contributed by atoms with E-state index in [4.69, 9.17) is 11.5 Å². The van der Waals surface area contributed by atoms with Crippen LogP contribution in [0.25, 0.3) is 0 Å². The van der Waals surface area contributed by atoms with Gasteiger partial charge in [0.2, 0.25) is 0 Å². The number of pyridine rings is 1. The van der Waals surface area contributed by atoms with Crippen molar-refractivity contribution in [2.24, 2.45) is 0 Å². The fourth-order valence-electron chi connectivity index (χ4n) is 1.33. The van der Waals surface area contributed by atoms with Crippen molar-refractivity contribution in [2.75, 3.05) is 13.1 Å². The number of carbonyl (C=O) groups is 2. The van der Waals surface area contributed by atoms with E-state index < -0.39 is 18.4 Å². The lowest BCUT2D eigenvalue weighted by atomic mass is 10.2. The van der Waals surface area contributed by atoms with E-state index in [2.05, 4.69) is 10.9 Å². The standard InChI is InChI=1S/C12H12N2O3/c1-3-7-14(8-10(15)16)12(17)11-9(2)5-4-6-13-11/h1,4-6H,7-8H2,2H3,(H,15,16). The van der Waals surface area contributed by atoms with Crippen LogP contribution < -0.4 is 0 Å². The zero-order valence-corrected chi connectivity index (χ0v) is 9.38. The van der Waals surface area contributed by atoms with Crippen molar-refractivity contribution < 1.29 is 14.7 Å². The maximum absolute atomic E-state index is 12.0. The molecule has 0 aliphatic heterocycles. The van der Waals surface area contributed by atoms with Gasteiger partial charge in [0.1, 0.15) is 12.2 Å². The minimum atomic E-state index is -1.11. The summed E-state index contributed by atoms with van der Waals surface area (Å²) in [5, 5.41) is 8.69. The SMILES string of the molecule is C#CCN(CC(=O)O)C(=O)c1ncccc1C. The predicted molar refractivity (Wildman–Crippen MR) is 61.3 cm³/mol. The number of carboxylic acid groups (broad SMARTS) is 1. The number of rotatable bonds is 4. The summed E-state index contributed by atoms with van der Waals surface area (Å²) in [5.41, 5.74) is 0.911. The van der Waals surface area contributed by atoms with Gasteiger partial charge in [-0.2, -0.15) is 0 Å². The summed E-state index contributed by atoms with van der Waals surface area (Å²) in [6.45, 7) is 1.25. The highest BCUT2D eigenvalue weighted by Gasteiger charge is 2.20. The fraction of sp³-hybridized carbons (Fsp3) is 0.250. The van der Waals surface area contributed by atoms with Gasteiger partial charge in [-0.15, -0.1) is 6.42 Å². The van der Waals surface area contributed by atoms with Gasteiger partial charge in [-0.3, -0.25) is 14.6 Å². The van der Waals surface area contributed by atoms with Gasteiger partial charge in [0.05, 0.1) is 6.54 Å². The third-order valence-corrected chi connectivity index (χ3v) is 2.11. The molecule has 5 heteroatoms. The van der Waals surface area contributed by atoms with E-state index in [1.54, 1.807) is 19.1 Å². The second kappa shape index (κ2) is 5.66. The van der Waals surface area contributed by atoms with Gasteiger partial charge in [-0.1, -0.05) is 12.0 Å². The van der Waals surface area contributed by atoms with Gasteiger partial charge >= 0.3 is 5.97 Å². The topological polar surface area (TPSA) is 70.5 Å². The highest BCUT2D eigenvalue weighted by Crippen LogP contribution is 2.07. The molecule has 0 bridgehead atoms. The van der Waals surface area contributed by atoms with Crippen LogP contribution in [0.4, 0.5) is 0 Å². The highest BCUT2D eigenvalue weighted by molar-refractivity contribution is 5.95. The zero-order chi connectivity index (χ0) is 12.8. The van der Waals surface area contributed by atoms with Crippen molar-refractivity contribution in [3.63, 3.8) is 0 Å². The van der Waals surface area contributed by atoms with Gasteiger partial charge in [0.15, 0.2) is 0 Å². The average molecular weight is 232 g/mol. The molecule has 0 aromatic carbocycles. The van der Waals surface area contributed by atoms with Crippen molar-refractivity contribution >= 4 is 11.9 Å². The number of aromatic nitrogens is 1. The molecular weight excluding hydrogens is 220 g/mol. The minimum Gasteiger partial charge on any atom is -0.480 e. The molecule has 0 fully saturated rings. The molecule has 0 spiro atoms. The zero-order valence-electron chi connectivity index (χ0n) is 9.38. The first-order valence-corrected chi connectivity index (χ1v) is 4.92. The molecule has 1 heterocycles. The van der Waals surface area contributed by atoms with Gasteiger partial charge in [-0.25, -0.2) is 0 Å². The van der Waals surface area contributed by atoms with Crippen LogP contribution in [-0.4, -0.2) is 40.0 Å². The molecule has 0 saturated carbocycles. The Labute approximate surface area is 99.1 Å². The van der Waals surface area contributed by atoms with Crippen molar-refractivity contribution in [2.45, 2.75) is 6.92 Å². The smallest absolute Gasteiger partial charge is 0.323 e. The number of amides is 1. The molecule has 88 valence electrons. The van der Waals surface area contributed by atoms with Gasteiger partial charge in [0, 0.05) is 6.20 Å². The van der Waals surface area contributed by atoms with Gasteiger partial charge in [-0.05, 0) is 18.6 Å². The van der Waals surface area contributed by atoms with Gasteiger partial charge < -0.3 is 10.0 Å². The van der Waals surface area contributed by atoms with Crippen LogP contribution in [0.3, 0.4) is 0 Å². The molecule has 0 aliphatic rings. The summed E-state index contributed by atoms with van der Waals surface area (Å²) in [6, 6.07) is 3.43. The van der Waals surface area contributed by atoms with Crippen LogP contribution in [0.15, 0.2) is 18.3 Å². The maximum atomic E-state index is 12.0. The molecule has 1 N–H and O–H groups in total. The third kappa shape index (κ3) is 3.31. The molecule has 1 aromatic rings. The number of hydrogen-bond acceptors (Lipinski definition) is 3. The molecular formula is C12H12N2O3. The number of carboxylic acids is 1. The highest BCUT2D eigenvalue weighted by atomic mass is 16.4. The first-order chi connectivity index (χ1) is 8.06. The molecule has 0 atom stereocenters. The molecule has 0 saturated heterocycles. The molecule has 1 amide bonds. The number of aliphatic carboxylic acids is 1. The molecule has 1 aromatic heterocycles. The van der Waals surface area contributed by atoms with E-state index in [0.29, 0.717) is 5.56 Å². The second-order valence-electron chi connectivity index (χ2n) is 3.43. The van der Waals surface area contributed by atoms with Crippen molar-refractivity contribution in [3.05, 3.63) is 29.6 Å². The molecule has 5 nitrogen and oxygen atoms in total. The number of carbonyl (C=O) groups excluding carboxylic acids is 1.